The van der Waals surface area contributed by atoms with Crippen molar-refractivity contribution in [3.05, 3.63) is 59.8 Å². The summed E-state index contributed by atoms with van der Waals surface area (Å²) in [4.78, 5) is 29.5. The Morgan fingerprint density at radius 2 is 1.60 bits per heavy atom. The Hall–Kier alpha value is -3.28. The van der Waals surface area contributed by atoms with Crippen LogP contribution in [0.15, 0.2) is 54.2 Å². The van der Waals surface area contributed by atoms with E-state index in [1.54, 1.807) is 0 Å². The van der Waals surface area contributed by atoms with Crippen molar-refractivity contribution in [1.29, 1.82) is 0 Å². The minimum Gasteiger partial charge on any atom is -0.494 e. The van der Waals surface area contributed by atoms with Gasteiger partial charge in [-0.05, 0) is 62.2 Å². The van der Waals surface area contributed by atoms with E-state index in [-0.39, 0.29) is 17.9 Å². The molecule has 1 aliphatic rings. The first kappa shape index (κ1) is 21.4. The van der Waals surface area contributed by atoms with E-state index in [0.29, 0.717) is 23.4 Å². The maximum absolute atomic E-state index is 13.1. The smallest absolute Gasteiger partial charge is 0.278 e. The molecule has 3 rings (SSSR count). The lowest BCUT2D eigenvalue weighted by atomic mass is 10.0. The van der Waals surface area contributed by atoms with Gasteiger partial charge in [-0.3, -0.25) is 14.5 Å². The minimum atomic E-state index is -0.312. The van der Waals surface area contributed by atoms with Gasteiger partial charge in [-0.25, -0.2) is 0 Å². The first-order valence-electron chi connectivity index (χ1n) is 10.2. The van der Waals surface area contributed by atoms with Crippen LogP contribution in [0.2, 0.25) is 0 Å². The van der Waals surface area contributed by atoms with Crippen molar-refractivity contribution in [2.24, 2.45) is 0 Å². The van der Waals surface area contributed by atoms with E-state index in [2.05, 4.69) is 5.32 Å². The summed E-state index contributed by atoms with van der Waals surface area (Å²) >= 11 is 0. The third-order valence-electron chi connectivity index (χ3n) is 4.90. The molecule has 2 aromatic carbocycles. The summed E-state index contributed by atoms with van der Waals surface area (Å²) in [5.74, 6) is 0.144. The van der Waals surface area contributed by atoms with E-state index < -0.39 is 0 Å². The molecule has 0 fully saturated rings. The van der Waals surface area contributed by atoms with Gasteiger partial charge in [0.05, 0.1) is 12.2 Å². The summed E-state index contributed by atoms with van der Waals surface area (Å²) in [5.41, 5.74) is 3.17. The molecule has 0 radical (unpaired) electrons. The second kappa shape index (κ2) is 9.03. The van der Waals surface area contributed by atoms with Crippen LogP contribution in [0.5, 0.6) is 5.75 Å². The molecule has 6 nitrogen and oxygen atoms in total. The number of carbonyl (C=O) groups is 2. The van der Waals surface area contributed by atoms with Crippen molar-refractivity contribution < 1.29 is 14.3 Å². The first-order valence-corrected chi connectivity index (χ1v) is 10.2. The summed E-state index contributed by atoms with van der Waals surface area (Å²) in [6, 6.07) is 14.8. The molecule has 0 aromatic heterocycles. The molecule has 2 amide bonds. The maximum Gasteiger partial charge on any atom is 0.278 e. The second-order valence-electron chi connectivity index (χ2n) is 7.76. The molecule has 1 aliphatic heterocycles. The molecule has 0 aliphatic carbocycles. The highest BCUT2D eigenvalue weighted by Gasteiger charge is 2.40. The summed E-state index contributed by atoms with van der Waals surface area (Å²) in [6.07, 6.45) is 0.921. The van der Waals surface area contributed by atoms with Crippen LogP contribution in [0.25, 0.3) is 5.57 Å². The number of anilines is 2. The number of carbonyl (C=O) groups excluding carboxylic acids is 2. The van der Waals surface area contributed by atoms with Crippen LogP contribution in [-0.2, 0) is 9.59 Å². The van der Waals surface area contributed by atoms with Crippen LogP contribution in [0, 0.1) is 0 Å². The molecule has 0 unspecified atom stereocenters. The van der Waals surface area contributed by atoms with Crippen LogP contribution in [0.4, 0.5) is 11.4 Å². The molecule has 0 saturated heterocycles. The standard InChI is InChI=1S/C24H29N3O3/c1-6-15-30-20-13-7-17(8-14-20)21-22(24(29)27(16(2)3)23(21)28)25-18-9-11-19(12-10-18)26(4)5/h7-14,16,25H,6,15H2,1-5H3. The highest BCUT2D eigenvalue weighted by molar-refractivity contribution is 6.36. The van der Waals surface area contributed by atoms with Gasteiger partial charge in [0, 0.05) is 31.5 Å². The van der Waals surface area contributed by atoms with Gasteiger partial charge in [-0.1, -0.05) is 19.1 Å². The number of rotatable bonds is 8. The predicted molar refractivity (Wildman–Crippen MR) is 121 cm³/mol. The third-order valence-corrected chi connectivity index (χ3v) is 4.90. The van der Waals surface area contributed by atoms with E-state index >= 15 is 0 Å². The van der Waals surface area contributed by atoms with Gasteiger partial charge in [0.15, 0.2) is 0 Å². The van der Waals surface area contributed by atoms with Gasteiger partial charge in [0.25, 0.3) is 11.8 Å². The Bertz CT molecular complexity index is 945. The highest BCUT2D eigenvalue weighted by atomic mass is 16.5. The van der Waals surface area contributed by atoms with Crippen molar-refractivity contribution in [1.82, 2.24) is 4.90 Å². The SMILES string of the molecule is CCCOc1ccc(C2=C(Nc3ccc(N(C)C)cc3)C(=O)N(C(C)C)C2=O)cc1. The Morgan fingerprint density at radius 3 is 2.13 bits per heavy atom. The number of benzene rings is 2. The molecule has 158 valence electrons. The Labute approximate surface area is 178 Å². The molecule has 0 spiro atoms. The second-order valence-corrected chi connectivity index (χ2v) is 7.76. The monoisotopic (exact) mass is 407 g/mol. The maximum atomic E-state index is 13.1. The number of hydrogen-bond acceptors (Lipinski definition) is 5. The summed E-state index contributed by atoms with van der Waals surface area (Å²) in [5, 5.41) is 3.19. The summed E-state index contributed by atoms with van der Waals surface area (Å²) < 4.78 is 5.64. The fraction of sp³-hybridized carbons (Fsp3) is 0.333. The largest absolute Gasteiger partial charge is 0.494 e. The number of amides is 2. The molecule has 30 heavy (non-hydrogen) atoms. The van der Waals surface area contributed by atoms with Crippen molar-refractivity contribution in [3.63, 3.8) is 0 Å². The molecular formula is C24H29N3O3. The number of imide groups is 1. The van der Waals surface area contributed by atoms with E-state index in [1.165, 1.54) is 4.90 Å². The van der Waals surface area contributed by atoms with E-state index in [9.17, 15) is 9.59 Å². The zero-order valence-electron chi connectivity index (χ0n) is 18.2. The highest BCUT2D eigenvalue weighted by Crippen LogP contribution is 2.32. The molecule has 1 heterocycles. The third kappa shape index (κ3) is 4.32. The lowest BCUT2D eigenvalue weighted by Crippen LogP contribution is -2.38. The molecule has 2 aromatic rings. The number of nitrogens with one attached hydrogen (secondary N) is 1. The zero-order chi connectivity index (χ0) is 21.8. The predicted octanol–water partition coefficient (Wildman–Crippen LogP) is 4.14. The van der Waals surface area contributed by atoms with Gasteiger partial charge >= 0.3 is 0 Å². The molecule has 0 saturated carbocycles. The van der Waals surface area contributed by atoms with Gasteiger partial charge in [0.2, 0.25) is 0 Å². The normalized spacial score (nSPS) is 14.0. The van der Waals surface area contributed by atoms with Crippen LogP contribution in [0.3, 0.4) is 0 Å². The summed E-state index contributed by atoms with van der Waals surface area (Å²) in [6.45, 7) is 6.36. The molecule has 0 atom stereocenters. The van der Waals surface area contributed by atoms with Crippen molar-refractivity contribution in [2.45, 2.75) is 33.2 Å². The topological polar surface area (TPSA) is 61.9 Å². The molecule has 0 bridgehead atoms. The Balaban J connectivity index is 1.97. The van der Waals surface area contributed by atoms with Crippen LogP contribution in [0.1, 0.15) is 32.8 Å². The van der Waals surface area contributed by atoms with Crippen molar-refractivity contribution >= 4 is 28.8 Å². The van der Waals surface area contributed by atoms with Gasteiger partial charge in [-0.15, -0.1) is 0 Å². The van der Waals surface area contributed by atoms with Gasteiger partial charge in [-0.2, -0.15) is 0 Å². The lowest BCUT2D eigenvalue weighted by Gasteiger charge is -2.19. The minimum absolute atomic E-state index is 0.234. The molecule has 6 heteroatoms. The van der Waals surface area contributed by atoms with Crippen LogP contribution in [-0.4, -0.2) is 43.5 Å². The number of hydrogen-bond donors (Lipinski definition) is 1. The fourth-order valence-corrected chi connectivity index (χ4v) is 3.32. The van der Waals surface area contributed by atoms with E-state index in [4.69, 9.17) is 4.74 Å². The molecule has 1 N–H and O–H groups in total. The van der Waals surface area contributed by atoms with E-state index in [1.807, 2.05) is 88.3 Å². The zero-order valence-corrected chi connectivity index (χ0v) is 18.2. The first-order chi connectivity index (χ1) is 14.3. The lowest BCUT2D eigenvalue weighted by molar-refractivity contribution is -0.138. The quantitative estimate of drug-likeness (QED) is 0.667. The molecular weight excluding hydrogens is 378 g/mol. The average molecular weight is 408 g/mol. The van der Waals surface area contributed by atoms with Crippen molar-refractivity contribution in [2.75, 3.05) is 30.9 Å². The Morgan fingerprint density at radius 1 is 0.967 bits per heavy atom. The number of ether oxygens (including phenoxy) is 1. The van der Waals surface area contributed by atoms with Crippen LogP contribution < -0.4 is 15.0 Å². The van der Waals surface area contributed by atoms with Crippen molar-refractivity contribution in [3.8, 4) is 5.75 Å². The van der Waals surface area contributed by atoms with Gasteiger partial charge in [0.1, 0.15) is 11.4 Å². The average Bonchev–Trinajstić information content (AvgIpc) is 2.97. The number of nitrogens with zero attached hydrogens (tertiary/aromatic N) is 2. The van der Waals surface area contributed by atoms with Crippen LogP contribution >= 0.6 is 0 Å². The van der Waals surface area contributed by atoms with E-state index in [0.717, 1.165) is 23.5 Å². The Kier molecular flexibility index (Phi) is 6.45. The van der Waals surface area contributed by atoms with Gasteiger partial charge < -0.3 is 15.0 Å². The summed E-state index contributed by atoms with van der Waals surface area (Å²) in [7, 11) is 3.94. The fourth-order valence-electron chi connectivity index (χ4n) is 3.32.